The Labute approximate surface area is 110 Å². The van der Waals surface area contributed by atoms with Crippen LogP contribution in [0, 0.1) is 0 Å². The Morgan fingerprint density at radius 1 is 1.12 bits per heavy atom. The second-order valence-electron chi connectivity index (χ2n) is 3.98. The largest absolute Gasteiger partial charge is 0.326 e. The van der Waals surface area contributed by atoms with Crippen LogP contribution in [0.2, 0.25) is 0 Å². The molecule has 0 aromatic carbocycles. The fourth-order valence-electron chi connectivity index (χ4n) is 1.14. The van der Waals surface area contributed by atoms with Crippen molar-refractivity contribution in [2.45, 2.75) is 33.6 Å². The predicted molar refractivity (Wildman–Crippen MR) is 76.7 cm³/mol. The van der Waals surface area contributed by atoms with Crippen LogP contribution in [0.25, 0.3) is 0 Å². The molecule has 0 aliphatic heterocycles. The first kappa shape index (κ1) is 17.0. The quantitative estimate of drug-likeness (QED) is 0.491. The predicted octanol–water partition coefficient (Wildman–Crippen LogP) is 4.21. The highest BCUT2D eigenvalue weighted by molar-refractivity contribution is 8.07. The van der Waals surface area contributed by atoms with E-state index in [0.717, 1.165) is 12.8 Å². The summed E-state index contributed by atoms with van der Waals surface area (Å²) in [4.78, 5) is 0. The third kappa shape index (κ3) is 8.70. The fourth-order valence-corrected chi connectivity index (χ4v) is 1.94. The summed E-state index contributed by atoms with van der Waals surface area (Å²) >= 11 is 5.08. The molecule has 0 spiro atoms. The Bertz CT molecular complexity index is 312. The Morgan fingerprint density at radius 3 is 2.18 bits per heavy atom. The highest BCUT2D eigenvalue weighted by Gasteiger charge is 2.14. The first-order valence-electron chi connectivity index (χ1n) is 5.58. The van der Waals surface area contributed by atoms with Gasteiger partial charge in [-0.25, -0.2) is 0 Å². The van der Waals surface area contributed by atoms with Gasteiger partial charge in [0, 0.05) is 14.2 Å². The number of rotatable bonds is 8. The lowest BCUT2D eigenvalue weighted by Gasteiger charge is -2.16. The Hall–Kier alpha value is 0.01000. The molecule has 5 heteroatoms. The second kappa shape index (κ2) is 9.01. The van der Waals surface area contributed by atoms with Crippen molar-refractivity contribution in [3.8, 4) is 0 Å². The van der Waals surface area contributed by atoms with Crippen LogP contribution in [0.5, 0.6) is 0 Å². The number of allylic oxidation sites excluding steroid dienone is 3. The standard InChI is InChI=1S/C12H23O3PS/c1-11(2)7-6-8-12(3)9-10-15-16(17,13-4)14-5/h7,9H,6,8,10H2,1-5H3/b12-9+. The van der Waals surface area contributed by atoms with Gasteiger partial charge in [0.2, 0.25) is 0 Å². The van der Waals surface area contributed by atoms with Gasteiger partial charge in [0.15, 0.2) is 0 Å². The van der Waals surface area contributed by atoms with E-state index in [-0.39, 0.29) is 0 Å². The van der Waals surface area contributed by atoms with Crippen molar-refractivity contribution in [2.75, 3.05) is 20.8 Å². The van der Waals surface area contributed by atoms with Gasteiger partial charge in [0.25, 0.3) is 0 Å². The van der Waals surface area contributed by atoms with Gasteiger partial charge in [-0.1, -0.05) is 23.3 Å². The van der Waals surface area contributed by atoms with E-state index in [2.05, 4.69) is 26.8 Å². The van der Waals surface area contributed by atoms with Crippen LogP contribution in [-0.4, -0.2) is 20.8 Å². The van der Waals surface area contributed by atoms with E-state index in [1.807, 2.05) is 6.08 Å². The molecule has 0 heterocycles. The zero-order valence-corrected chi connectivity index (χ0v) is 13.1. The zero-order valence-electron chi connectivity index (χ0n) is 11.4. The van der Waals surface area contributed by atoms with Crippen molar-refractivity contribution in [1.29, 1.82) is 0 Å². The van der Waals surface area contributed by atoms with Crippen molar-refractivity contribution in [3.63, 3.8) is 0 Å². The molecule has 0 unspecified atom stereocenters. The minimum absolute atomic E-state index is 0.444. The third-order valence-corrected chi connectivity index (χ3v) is 4.77. The van der Waals surface area contributed by atoms with Gasteiger partial charge in [-0.2, -0.15) is 0 Å². The molecule has 17 heavy (non-hydrogen) atoms. The van der Waals surface area contributed by atoms with E-state index in [0.29, 0.717) is 6.61 Å². The first-order chi connectivity index (χ1) is 7.93. The molecule has 3 nitrogen and oxygen atoms in total. The second-order valence-corrected chi connectivity index (χ2v) is 7.20. The minimum Gasteiger partial charge on any atom is -0.312 e. The van der Waals surface area contributed by atoms with Gasteiger partial charge in [0.1, 0.15) is 0 Å². The molecule has 0 fully saturated rings. The molecule has 0 atom stereocenters. The highest BCUT2D eigenvalue weighted by Crippen LogP contribution is 2.47. The maximum absolute atomic E-state index is 5.42. The highest BCUT2D eigenvalue weighted by atomic mass is 32.5. The summed E-state index contributed by atoms with van der Waals surface area (Å²) in [5, 5.41) is 0. The van der Waals surface area contributed by atoms with Gasteiger partial charge in [0.05, 0.1) is 6.61 Å². The molecule has 0 aromatic heterocycles. The van der Waals surface area contributed by atoms with Crippen molar-refractivity contribution in [3.05, 3.63) is 23.3 Å². The van der Waals surface area contributed by atoms with E-state index in [9.17, 15) is 0 Å². The zero-order chi connectivity index (χ0) is 13.3. The summed E-state index contributed by atoms with van der Waals surface area (Å²) in [5.41, 5.74) is 2.64. The molecule has 100 valence electrons. The maximum Gasteiger partial charge on any atom is 0.326 e. The van der Waals surface area contributed by atoms with Crippen LogP contribution >= 0.6 is 6.72 Å². The van der Waals surface area contributed by atoms with Gasteiger partial charge in [-0.05, 0) is 45.4 Å². The lowest BCUT2D eigenvalue weighted by atomic mass is 10.1. The molecule has 0 radical (unpaired) electrons. The van der Waals surface area contributed by atoms with Gasteiger partial charge >= 0.3 is 6.72 Å². The summed E-state index contributed by atoms with van der Waals surface area (Å²) < 4.78 is 15.5. The summed E-state index contributed by atoms with van der Waals surface area (Å²) in [7, 11) is 3.02. The van der Waals surface area contributed by atoms with Crippen LogP contribution in [-0.2, 0) is 25.4 Å². The Morgan fingerprint density at radius 2 is 1.71 bits per heavy atom. The van der Waals surface area contributed by atoms with Crippen LogP contribution in [0.15, 0.2) is 23.3 Å². The van der Waals surface area contributed by atoms with E-state index in [1.54, 1.807) is 0 Å². The van der Waals surface area contributed by atoms with Crippen molar-refractivity contribution in [2.24, 2.45) is 0 Å². The van der Waals surface area contributed by atoms with Crippen LogP contribution in [0.1, 0.15) is 33.6 Å². The molecule has 0 saturated carbocycles. The lowest BCUT2D eigenvalue weighted by molar-refractivity contribution is 0.218. The van der Waals surface area contributed by atoms with E-state index in [4.69, 9.17) is 25.4 Å². The van der Waals surface area contributed by atoms with Crippen LogP contribution < -0.4 is 0 Å². The third-order valence-electron chi connectivity index (χ3n) is 2.20. The Balaban J connectivity index is 4.00. The SMILES string of the molecule is COP(=S)(OC)OC/C=C(\C)CCC=C(C)C. The van der Waals surface area contributed by atoms with Gasteiger partial charge in [-0.3, -0.25) is 0 Å². The molecule has 0 N–H and O–H groups in total. The molecular weight excluding hydrogens is 255 g/mol. The van der Waals surface area contributed by atoms with Crippen LogP contribution in [0.4, 0.5) is 0 Å². The van der Waals surface area contributed by atoms with Crippen molar-refractivity contribution >= 4 is 18.5 Å². The molecule has 0 amide bonds. The van der Waals surface area contributed by atoms with E-state index < -0.39 is 6.72 Å². The Kier molecular flexibility index (Phi) is 9.01. The molecule has 0 saturated heterocycles. The van der Waals surface area contributed by atoms with Crippen LogP contribution in [0.3, 0.4) is 0 Å². The van der Waals surface area contributed by atoms with Crippen molar-refractivity contribution < 1.29 is 13.6 Å². The van der Waals surface area contributed by atoms with E-state index in [1.165, 1.54) is 25.4 Å². The van der Waals surface area contributed by atoms with Gasteiger partial charge in [-0.15, -0.1) is 0 Å². The summed E-state index contributed by atoms with van der Waals surface area (Å²) in [6.45, 7) is 4.24. The molecule has 0 rings (SSSR count). The number of hydrogen-bond donors (Lipinski definition) is 0. The minimum atomic E-state index is -2.50. The van der Waals surface area contributed by atoms with Crippen molar-refractivity contribution in [1.82, 2.24) is 0 Å². The maximum atomic E-state index is 5.42. The number of hydrogen-bond acceptors (Lipinski definition) is 4. The first-order valence-corrected chi connectivity index (χ1v) is 8.14. The molecular formula is C12H23O3PS. The summed E-state index contributed by atoms with van der Waals surface area (Å²) in [6, 6.07) is 0. The molecule has 0 aromatic rings. The molecule has 0 aliphatic carbocycles. The average molecular weight is 278 g/mol. The lowest BCUT2D eigenvalue weighted by Crippen LogP contribution is -1.95. The monoisotopic (exact) mass is 278 g/mol. The summed E-state index contributed by atoms with van der Waals surface area (Å²) in [5.74, 6) is 0. The molecule has 0 bridgehead atoms. The van der Waals surface area contributed by atoms with E-state index >= 15 is 0 Å². The molecule has 0 aliphatic rings. The van der Waals surface area contributed by atoms with Gasteiger partial charge < -0.3 is 13.6 Å². The normalized spacial score (nSPS) is 12.6. The summed E-state index contributed by atoms with van der Waals surface area (Å²) in [6.07, 6.45) is 6.36. The smallest absolute Gasteiger partial charge is 0.312 e. The topological polar surface area (TPSA) is 27.7 Å². The fraction of sp³-hybridized carbons (Fsp3) is 0.667. The average Bonchev–Trinajstić information content (AvgIpc) is 2.28.